The molecule has 0 aliphatic carbocycles. The van der Waals surface area contributed by atoms with Crippen molar-refractivity contribution >= 4 is 23.3 Å². The van der Waals surface area contributed by atoms with Crippen molar-refractivity contribution in [3.63, 3.8) is 0 Å². The standard InChI is InChI=1S/C11H14F3N3O3S/c1-17(5-3-9(18)19)10(20)15-4-2-8-16-7(6-21-8)11(12,13)14/h6H,2-5H2,1H3,(H,15,20)(H,18,19). The van der Waals surface area contributed by atoms with Gasteiger partial charge in [0.1, 0.15) is 0 Å². The van der Waals surface area contributed by atoms with Crippen LogP contribution in [0.3, 0.4) is 0 Å². The molecule has 10 heteroatoms. The third kappa shape index (κ3) is 5.98. The molecule has 0 saturated heterocycles. The van der Waals surface area contributed by atoms with Gasteiger partial charge in [-0.05, 0) is 0 Å². The Bertz CT molecular complexity index is 504. The van der Waals surface area contributed by atoms with Crippen molar-refractivity contribution in [2.45, 2.75) is 19.0 Å². The molecule has 2 amide bonds. The third-order valence-corrected chi connectivity index (χ3v) is 3.37. The molecule has 0 unspecified atom stereocenters. The van der Waals surface area contributed by atoms with E-state index in [2.05, 4.69) is 10.3 Å². The van der Waals surface area contributed by atoms with Gasteiger partial charge in [-0.25, -0.2) is 9.78 Å². The Hall–Kier alpha value is -1.84. The first-order valence-electron chi connectivity index (χ1n) is 5.92. The van der Waals surface area contributed by atoms with Crippen LogP contribution in [0.2, 0.25) is 0 Å². The molecule has 0 bridgehead atoms. The number of nitrogens with one attached hydrogen (secondary N) is 1. The van der Waals surface area contributed by atoms with Gasteiger partial charge in [0.05, 0.1) is 11.4 Å². The first kappa shape index (κ1) is 17.2. The smallest absolute Gasteiger partial charge is 0.434 e. The Balaban J connectivity index is 2.34. The number of hydrogen-bond donors (Lipinski definition) is 2. The molecule has 118 valence electrons. The Morgan fingerprint density at radius 1 is 1.48 bits per heavy atom. The molecule has 1 heterocycles. The lowest BCUT2D eigenvalue weighted by Crippen LogP contribution is -2.39. The van der Waals surface area contributed by atoms with Crippen LogP contribution in [0.1, 0.15) is 17.1 Å². The van der Waals surface area contributed by atoms with E-state index in [-0.39, 0.29) is 30.9 Å². The van der Waals surface area contributed by atoms with E-state index in [9.17, 15) is 22.8 Å². The van der Waals surface area contributed by atoms with Gasteiger partial charge in [0, 0.05) is 31.9 Å². The number of urea groups is 1. The quantitative estimate of drug-likeness (QED) is 0.836. The average molecular weight is 325 g/mol. The zero-order valence-corrected chi connectivity index (χ0v) is 11.9. The summed E-state index contributed by atoms with van der Waals surface area (Å²) in [6.45, 7) is 0.178. The molecule has 6 nitrogen and oxygen atoms in total. The molecule has 21 heavy (non-hydrogen) atoms. The maximum Gasteiger partial charge on any atom is 0.434 e. The Labute approximate surface area is 122 Å². The SMILES string of the molecule is CN(CCC(=O)O)C(=O)NCCc1nc(C(F)(F)F)cs1. The third-order valence-electron chi connectivity index (χ3n) is 2.47. The molecule has 0 aromatic carbocycles. The van der Waals surface area contributed by atoms with E-state index in [1.54, 1.807) is 0 Å². The predicted octanol–water partition coefficient (Wildman–Crippen LogP) is 1.82. The number of carbonyl (C=O) groups excluding carboxylic acids is 1. The average Bonchev–Trinajstić information content (AvgIpc) is 2.84. The van der Waals surface area contributed by atoms with Crippen LogP contribution in [0, 0.1) is 0 Å². The maximum absolute atomic E-state index is 12.3. The lowest BCUT2D eigenvalue weighted by molar-refractivity contribution is -0.141. The molecule has 1 aromatic rings. The summed E-state index contributed by atoms with van der Waals surface area (Å²) in [4.78, 5) is 26.5. The Kier molecular flexibility index (Phi) is 5.94. The second-order valence-electron chi connectivity index (χ2n) is 4.17. The van der Waals surface area contributed by atoms with E-state index in [1.165, 1.54) is 11.9 Å². The summed E-state index contributed by atoms with van der Waals surface area (Å²) in [5.74, 6) is -1.02. The lowest BCUT2D eigenvalue weighted by atomic mass is 10.4. The summed E-state index contributed by atoms with van der Waals surface area (Å²) < 4.78 is 37.0. The number of aromatic nitrogens is 1. The molecule has 1 rings (SSSR count). The van der Waals surface area contributed by atoms with Crippen LogP contribution >= 0.6 is 11.3 Å². The van der Waals surface area contributed by atoms with Crippen molar-refractivity contribution in [1.82, 2.24) is 15.2 Å². The van der Waals surface area contributed by atoms with Crippen molar-refractivity contribution in [2.75, 3.05) is 20.1 Å². The number of carbonyl (C=O) groups is 2. The first-order valence-corrected chi connectivity index (χ1v) is 6.80. The number of alkyl halides is 3. The summed E-state index contributed by atoms with van der Waals surface area (Å²) in [5.41, 5.74) is -0.938. The van der Waals surface area contributed by atoms with Gasteiger partial charge >= 0.3 is 18.2 Å². The van der Waals surface area contributed by atoms with Gasteiger partial charge in [-0.1, -0.05) is 0 Å². The van der Waals surface area contributed by atoms with Crippen molar-refractivity contribution in [2.24, 2.45) is 0 Å². The zero-order chi connectivity index (χ0) is 16.0. The fourth-order valence-electron chi connectivity index (χ4n) is 1.33. The van der Waals surface area contributed by atoms with Gasteiger partial charge in [-0.2, -0.15) is 13.2 Å². The van der Waals surface area contributed by atoms with Crippen LogP contribution in [0.25, 0.3) is 0 Å². The number of rotatable bonds is 6. The van der Waals surface area contributed by atoms with E-state index in [0.29, 0.717) is 0 Å². The Morgan fingerprint density at radius 3 is 2.67 bits per heavy atom. The van der Waals surface area contributed by atoms with Gasteiger partial charge in [-0.15, -0.1) is 11.3 Å². The van der Waals surface area contributed by atoms with E-state index >= 15 is 0 Å². The summed E-state index contributed by atoms with van der Waals surface area (Å²) in [5, 5.41) is 12.2. The van der Waals surface area contributed by atoms with Gasteiger partial charge in [0.15, 0.2) is 5.69 Å². The molecular weight excluding hydrogens is 311 g/mol. The van der Waals surface area contributed by atoms with Gasteiger partial charge in [0.25, 0.3) is 0 Å². The van der Waals surface area contributed by atoms with Crippen LogP contribution in [0.4, 0.5) is 18.0 Å². The number of hydrogen-bond acceptors (Lipinski definition) is 4. The molecular formula is C11H14F3N3O3S. The number of nitrogens with zero attached hydrogens (tertiary/aromatic N) is 2. The molecule has 0 saturated carbocycles. The second-order valence-corrected chi connectivity index (χ2v) is 5.11. The van der Waals surface area contributed by atoms with Gasteiger partial charge < -0.3 is 15.3 Å². The van der Waals surface area contributed by atoms with Crippen molar-refractivity contribution in [3.05, 3.63) is 16.1 Å². The van der Waals surface area contributed by atoms with E-state index in [4.69, 9.17) is 5.11 Å². The summed E-state index contributed by atoms with van der Waals surface area (Å²) in [6.07, 6.45) is -4.46. The van der Waals surface area contributed by atoms with Gasteiger partial charge in [0.2, 0.25) is 0 Å². The van der Waals surface area contributed by atoms with Crippen LogP contribution in [0.5, 0.6) is 0 Å². The molecule has 0 fully saturated rings. The summed E-state index contributed by atoms with van der Waals surface area (Å²) in [6, 6.07) is -0.483. The highest BCUT2D eigenvalue weighted by atomic mass is 32.1. The van der Waals surface area contributed by atoms with Crippen molar-refractivity contribution in [3.8, 4) is 0 Å². The minimum atomic E-state index is -4.46. The highest BCUT2D eigenvalue weighted by molar-refractivity contribution is 7.09. The van der Waals surface area contributed by atoms with E-state index < -0.39 is 23.9 Å². The van der Waals surface area contributed by atoms with Crippen LogP contribution < -0.4 is 5.32 Å². The topological polar surface area (TPSA) is 82.5 Å². The summed E-state index contributed by atoms with van der Waals surface area (Å²) in [7, 11) is 1.43. The predicted molar refractivity (Wildman–Crippen MR) is 69.1 cm³/mol. The molecule has 0 radical (unpaired) electrons. The second kappa shape index (κ2) is 7.25. The molecule has 1 aromatic heterocycles. The van der Waals surface area contributed by atoms with Gasteiger partial charge in [-0.3, -0.25) is 4.79 Å². The fraction of sp³-hybridized carbons (Fsp3) is 0.545. The first-order chi connectivity index (χ1) is 9.70. The number of carboxylic acids is 1. The highest BCUT2D eigenvalue weighted by Crippen LogP contribution is 2.29. The fourth-order valence-corrected chi connectivity index (χ4v) is 2.14. The normalized spacial score (nSPS) is 11.2. The largest absolute Gasteiger partial charge is 0.481 e. The summed E-state index contributed by atoms with van der Waals surface area (Å²) >= 11 is 0.877. The van der Waals surface area contributed by atoms with Crippen molar-refractivity contribution in [1.29, 1.82) is 0 Å². The number of amides is 2. The molecule has 0 atom stereocenters. The Morgan fingerprint density at radius 2 is 2.14 bits per heavy atom. The number of aliphatic carboxylic acids is 1. The molecule has 0 aliphatic heterocycles. The van der Waals surface area contributed by atoms with E-state index in [0.717, 1.165) is 16.7 Å². The maximum atomic E-state index is 12.3. The minimum Gasteiger partial charge on any atom is -0.481 e. The number of carboxylic acid groups (broad SMARTS) is 1. The highest BCUT2D eigenvalue weighted by Gasteiger charge is 2.33. The zero-order valence-electron chi connectivity index (χ0n) is 11.1. The van der Waals surface area contributed by atoms with Crippen molar-refractivity contribution < 1.29 is 27.9 Å². The van der Waals surface area contributed by atoms with Crippen LogP contribution in [-0.2, 0) is 17.4 Å². The van der Waals surface area contributed by atoms with Crippen LogP contribution in [0.15, 0.2) is 5.38 Å². The lowest BCUT2D eigenvalue weighted by Gasteiger charge is -2.16. The number of thiazole rings is 1. The molecule has 0 spiro atoms. The molecule has 0 aliphatic rings. The van der Waals surface area contributed by atoms with E-state index in [1.807, 2.05) is 0 Å². The van der Waals surface area contributed by atoms with Crippen LogP contribution in [-0.4, -0.2) is 47.1 Å². The number of halogens is 3. The minimum absolute atomic E-state index is 0.0522. The monoisotopic (exact) mass is 325 g/mol. The molecule has 2 N–H and O–H groups in total.